The lowest BCUT2D eigenvalue weighted by atomic mass is 9.91. The fourth-order valence-corrected chi connectivity index (χ4v) is 3.28. The Labute approximate surface area is 133 Å². The zero-order valence-corrected chi connectivity index (χ0v) is 13.3. The van der Waals surface area contributed by atoms with E-state index in [2.05, 4.69) is 0 Å². The van der Waals surface area contributed by atoms with Gasteiger partial charge in [-0.2, -0.15) is 38.1 Å². The average Bonchev–Trinajstić information content (AvgIpc) is 2.34. The Balaban J connectivity index is 3.48. The lowest BCUT2D eigenvalue weighted by Gasteiger charge is -2.31. The molecule has 1 rings (SSSR count). The van der Waals surface area contributed by atoms with Crippen molar-refractivity contribution in [1.82, 2.24) is 0 Å². The van der Waals surface area contributed by atoms with Crippen molar-refractivity contribution in [3.63, 3.8) is 0 Å². The van der Waals surface area contributed by atoms with Gasteiger partial charge in [-0.15, -0.1) is 0 Å². The van der Waals surface area contributed by atoms with Crippen molar-refractivity contribution in [2.45, 2.75) is 49.3 Å². The highest BCUT2D eigenvalue weighted by Gasteiger charge is 2.73. The number of halogens is 7. The molecule has 0 spiro atoms. The van der Waals surface area contributed by atoms with Gasteiger partial charge in [0.15, 0.2) is 0 Å². The molecule has 0 saturated carbocycles. The Kier molecular flexibility index (Phi) is 5.55. The Morgan fingerprint density at radius 2 is 1.39 bits per heavy atom. The molecule has 2 N–H and O–H groups in total. The van der Waals surface area contributed by atoms with E-state index in [1.807, 2.05) is 13.8 Å². The second kappa shape index (κ2) is 6.41. The predicted octanol–water partition coefficient (Wildman–Crippen LogP) is 5.76. The Morgan fingerprint density at radius 3 is 1.78 bits per heavy atom. The van der Waals surface area contributed by atoms with Crippen LogP contribution in [0.25, 0.3) is 0 Å². The lowest BCUT2D eigenvalue weighted by Crippen LogP contribution is -2.50. The second-order valence-electron chi connectivity index (χ2n) is 5.32. The molecule has 132 valence electrons. The van der Waals surface area contributed by atoms with Crippen molar-refractivity contribution < 1.29 is 30.7 Å². The first-order valence-corrected chi connectivity index (χ1v) is 7.53. The van der Waals surface area contributed by atoms with E-state index >= 15 is 0 Å². The molecule has 0 aliphatic heterocycles. The van der Waals surface area contributed by atoms with Crippen LogP contribution < -0.4 is 5.73 Å². The van der Waals surface area contributed by atoms with Gasteiger partial charge in [-0.3, -0.25) is 0 Å². The fraction of sp³-hybridized carbons (Fsp3) is 0.571. The predicted molar refractivity (Wildman–Crippen MR) is 76.9 cm³/mol. The van der Waals surface area contributed by atoms with Crippen molar-refractivity contribution in [3.8, 4) is 0 Å². The van der Waals surface area contributed by atoms with Gasteiger partial charge >= 0.3 is 18.0 Å². The molecule has 1 unspecified atom stereocenters. The minimum Gasteiger partial charge on any atom is -0.398 e. The number of thioether (sulfide) groups is 1. The summed E-state index contributed by atoms with van der Waals surface area (Å²) in [6.07, 6.45) is -12.3. The standard InChI is InChI=1S/C14H16F7NS/c1-7(2)23-8(3)10-6-9(4-5-11(10)22)12(15,13(16,17)18)14(19,20)21/h4-8H,22H2,1-3H3. The largest absolute Gasteiger partial charge is 0.435 e. The van der Waals surface area contributed by atoms with E-state index in [1.165, 1.54) is 11.8 Å². The Morgan fingerprint density at radius 1 is 0.913 bits per heavy atom. The summed E-state index contributed by atoms with van der Waals surface area (Å²) in [5.74, 6) is 0. The van der Waals surface area contributed by atoms with Crippen LogP contribution in [-0.2, 0) is 5.67 Å². The number of hydrogen-bond donors (Lipinski definition) is 1. The average molecular weight is 363 g/mol. The van der Waals surface area contributed by atoms with E-state index in [9.17, 15) is 30.7 Å². The van der Waals surface area contributed by atoms with E-state index in [4.69, 9.17) is 5.73 Å². The second-order valence-corrected chi connectivity index (χ2v) is 7.25. The summed E-state index contributed by atoms with van der Waals surface area (Å²) in [6, 6.07) is 1.84. The summed E-state index contributed by atoms with van der Waals surface area (Å²) in [6.45, 7) is 5.21. The van der Waals surface area contributed by atoms with E-state index in [-0.39, 0.29) is 16.5 Å². The van der Waals surface area contributed by atoms with Crippen LogP contribution in [0.1, 0.15) is 37.1 Å². The molecule has 1 aromatic rings. The van der Waals surface area contributed by atoms with Crippen LogP contribution in [0.2, 0.25) is 0 Å². The third kappa shape index (κ3) is 3.87. The highest BCUT2D eigenvalue weighted by Crippen LogP contribution is 2.54. The van der Waals surface area contributed by atoms with Gasteiger partial charge in [-0.25, -0.2) is 4.39 Å². The molecule has 0 heterocycles. The molecule has 9 heteroatoms. The third-order valence-corrected chi connectivity index (χ3v) is 4.39. The van der Waals surface area contributed by atoms with Gasteiger partial charge in [0.25, 0.3) is 0 Å². The molecule has 1 nitrogen and oxygen atoms in total. The zero-order chi connectivity index (χ0) is 18.2. The van der Waals surface area contributed by atoms with Gasteiger partial charge in [-0.05, 0) is 29.9 Å². The van der Waals surface area contributed by atoms with Crippen LogP contribution in [0.5, 0.6) is 0 Å². The summed E-state index contributed by atoms with van der Waals surface area (Å²) >= 11 is 1.29. The smallest absolute Gasteiger partial charge is 0.398 e. The molecule has 0 aromatic heterocycles. The maximum atomic E-state index is 14.1. The number of nitrogens with two attached hydrogens (primary N) is 1. The molecule has 0 bridgehead atoms. The summed E-state index contributed by atoms with van der Waals surface area (Å²) < 4.78 is 90.9. The van der Waals surface area contributed by atoms with E-state index < -0.39 is 28.8 Å². The summed E-state index contributed by atoms with van der Waals surface area (Å²) in [7, 11) is 0. The third-order valence-electron chi connectivity index (χ3n) is 3.18. The highest BCUT2D eigenvalue weighted by molar-refractivity contribution is 8.00. The van der Waals surface area contributed by atoms with Gasteiger partial charge in [0.05, 0.1) is 0 Å². The molecule has 0 aliphatic rings. The van der Waals surface area contributed by atoms with Crippen LogP contribution in [0.15, 0.2) is 18.2 Å². The molecular formula is C14H16F7NS. The first kappa shape index (κ1) is 19.9. The van der Waals surface area contributed by atoms with Gasteiger partial charge < -0.3 is 5.73 Å². The van der Waals surface area contributed by atoms with Crippen LogP contribution in [-0.4, -0.2) is 17.6 Å². The van der Waals surface area contributed by atoms with Crippen LogP contribution in [0.3, 0.4) is 0 Å². The SMILES string of the molecule is CC(C)SC(C)c1cc(C(F)(C(F)(F)F)C(F)(F)F)ccc1N. The summed E-state index contributed by atoms with van der Waals surface area (Å²) in [4.78, 5) is 0. The fourth-order valence-electron chi connectivity index (χ4n) is 2.11. The minimum absolute atomic E-state index is 0.0149. The maximum Gasteiger partial charge on any atom is 0.435 e. The summed E-state index contributed by atoms with van der Waals surface area (Å²) in [5, 5.41) is -0.422. The molecule has 0 saturated heterocycles. The molecule has 0 aliphatic carbocycles. The van der Waals surface area contributed by atoms with Gasteiger partial charge in [0.1, 0.15) is 0 Å². The number of anilines is 1. The molecule has 0 radical (unpaired) electrons. The van der Waals surface area contributed by atoms with Gasteiger partial charge in [0.2, 0.25) is 0 Å². The van der Waals surface area contributed by atoms with Crippen LogP contribution in [0, 0.1) is 0 Å². The number of hydrogen-bond acceptors (Lipinski definition) is 2. The molecule has 23 heavy (non-hydrogen) atoms. The molecule has 1 aromatic carbocycles. The Hall–Kier alpha value is -1.12. The Bertz CT molecular complexity index is 537. The molecule has 0 fully saturated rings. The van der Waals surface area contributed by atoms with E-state index in [1.54, 1.807) is 6.92 Å². The number of rotatable bonds is 4. The molecule has 0 amide bonds. The zero-order valence-electron chi connectivity index (χ0n) is 12.5. The monoisotopic (exact) mass is 363 g/mol. The quantitative estimate of drug-likeness (QED) is 0.544. The van der Waals surface area contributed by atoms with E-state index in [0.717, 1.165) is 6.07 Å². The van der Waals surface area contributed by atoms with Crippen molar-refractivity contribution in [2.24, 2.45) is 0 Å². The lowest BCUT2D eigenvalue weighted by molar-refractivity contribution is -0.348. The number of nitrogen functional groups attached to an aromatic ring is 1. The topological polar surface area (TPSA) is 26.0 Å². The van der Waals surface area contributed by atoms with Crippen molar-refractivity contribution in [2.75, 3.05) is 5.73 Å². The first-order valence-electron chi connectivity index (χ1n) is 6.59. The van der Waals surface area contributed by atoms with Crippen LogP contribution in [0.4, 0.5) is 36.4 Å². The highest BCUT2D eigenvalue weighted by atomic mass is 32.2. The van der Waals surface area contributed by atoms with Gasteiger partial charge in [0, 0.05) is 16.5 Å². The van der Waals surface area contributed by atoms with Gasteiger partial charge in [-0.1, -0.05) is 19.9 Å². The number of benzene rings is 1. The first-order chi connectivity index (χ1) is 10.2. The van der Waals surface area contributed by atoms with Crippen molar-refractivity contribution in [3.05, 3.63) is 29.3 Å². The number of alkyl halides is 7. The normalized spacial score (nSPS) is 15.1. The van der Waals surface area contributed by atoms with Crippen molar-refractivity contribution in [1.29, 1.82) is 0 Å². The maximum absolute atomic E-state index is 14.1. The van der Waals surface area contributed by atoms with Crippen LogP contribution >= 0.6 is 11.8 Å². The molecule has 1 atom stereocenters. The van der Waals surface area contributed by atoms with Crippen molar-refractivity contribution >= 4 is 17.4 Å². The summed E-state index contributed by atoms with van der Waals surface area (Å²) in [5.41, 5.74) is -1.27. The minimum atomic E-state index is -6.13. The van der Waals surface area contributed by atoms with E-state index in [0.29, 0.717) is 12.1 Å². The molecular weight excluding hydrogens is 347 g/mol.